The molecule has 0 aliphatic carbocycles. The summed E-state index contributed by atoms with van der Waals surface area (Å²) in [5.74, 6) is -0.460. The van der Waals surface area contributed by atoms with Crippen LogP contribution in [0.5, 0.6) is 0 Å². The number of amides is 2. The zero-order chi connectivity index (χ0) is 17.6. The average molecular weight is 448 g/mol. The third-order valence-electron chi connectivity index (χ3n) is 3.17. The van der Waals surface area contributed by atoms with Gasteiger partial charge >= 0.3 is 0 Å². The van der Waals surface area contributed by atoms with Crippen molar-refractivity contribution < 1.29 is 18.4 Å². The summed E-state index contributed by atoms with van der Waals surface area (Å²) < 4.78 is 11.3. The van der Waals surface area contributed by atoms with Crippen LogP contribution < -0.4 is 10.6 Å². The van der Waals surface area contributed by atoms with E-state index in [1.807, 2.05) is 12.1 Å². The van der Waals surface area contributed by atoms with Crippen LogP contribution in [0.1, 0.15) is 16.3 Å². The first-order chi connectivity index (χ1) is 12.1. The highest BCUT2D eigenvalue weighted by Crippen LogP contribution is 2.14. The Hall–Kier alpha value is -2.81. The highest BCUT2D eigenvalue weighted by atomic mass is 127. The predicted octanol–water partition coefficient (Wildman–Crippen LogP) is 3.89. The Labute approximate surface area is 157 Å². The molecule has 2 heterocycles. The number of nitrogens with one attached hydrogen (secondary N) is 2. The van der Waals surface area contributed by atoms with E-state index in [2.05, 4.69) is 33.2 Å². The van der Waals surface area contributed by atoms with Crippen molar-refractivity contribution in [1.29, 1.82) is 0 Å². The molecule has 7 heteroatoms. The molecule has 2 aromatic heterocycles. The minimum atomic E-state index is -0.527. The second kappa shape index (κ2) is 7.84. The lowest BCUT2D eigenvalue weighted by molar-refractivity contribution is -0.113. The van der Waals surface area contributed by atoms with Gasteiger partial charge in [-0.3, -0.25) is 9.59 Å². The topological polar surface area (TPSA) is 84.5 Å². The molecule has 2 amide bonds. The predicted molar refractivity (Wildman–Crippen MR) is 101 cm³/mol. The van der Waals surface area contributed by atoms with Gasteiger partial charge in [0.15, 0.2) is 5.76 Å². The van der Waals surface area contributed by atoms with Crippen molar-refractivity contribution in [3.8, 4) is 0 Å². The van der Waals surface area contributed by atoms with E-state index in [9.17, 15) is 9.59 Å². The molecule has 0 saturated heterocycles. The van der Waals surface area contributed by atoms with Crippen molar-refractivity contribution >= 4 is 46.2 Å². The molecule has 1 aromatic carbocycles. The van der Waals surface area contributed by atoms with Gasteiger partial charge in [0.25, 0.3) is 11.8 Å². The van der Waals surface area contributed by atoms with Crippen LogP contribution in [0.4, 0.5) is 5.69 Å². The van der Waals surface area contributed by atoms with Gasteiger partial charge in [0.1, 0.15) is 11.5 Å². The summed E-state index contributed by atoms with van der Waals surface area (Å²) in [6.07, 6.45) is 4.31. The maximum Gasteiger partial charge on any atom is 0.291 e. The molecule has 0 aliphatic heterocycles. The van der Waals surface area contributed by atoms with Crippen LogP contribution in [0, 0.1) is 3.57 Å². The summed E-state index contributed by atoms with van der Waals surface area (Å²) >= 11 is 2.18. The Morgan fingerprint density at radius 3 is 2.32 bits per heavy atom. The van der Waals surface area contributed by atoms with Gasteiger partial charge in [-0.25, -0.2) is 0 Å². The Kier molecular flexibility index (Phi) is 5.34. The highest BCUT2D eigenvalue weighted by Gasteiger charge is 2.17. The fourth-order valence-corrected chi connectivity index (χ4v) is 2.36. The van der Waals surface area contributed by atoms with E-state index in [0.717, 1.165) is 3.57 Å². The zero-order valence-corrected chi connectivity index (χ0v) is 15.0. The fraction of sp³-hybridized carbons (Fsp3) is 0. The first-order valence-electron chi connectivity index (χ1n) is 7.29. The van der Waals surface area contributed by atoms with Gasteiger partial charge in [-0.2, -0.15) is 0 Å². The second-order valence-corrected chi connectivity index (χ2v) is 6.21. The number of carbonyl (C=O) groups is 2. The first kappa shape index (κ1) is 17.0. The number of benzene rings is 1. The van der Waals surface area contributed by atoms with Gasteiger partial charge in [-0.15, -0.1) is 0 Å². The molecule has 3 aromatic rings. The van der Waals surface area contributed by atoms with Crippen LogP contribution in [0.3, 0.4) is 0 Å². The van der Waals surface area contributed by atoms with Crippen molar-refractivity contribution in [1.82, 2.24) is 5.32 Å². The van der Waals surface area contributed by atoms with Crippen LogP contribution >= 0.6 is 22.6 Å². The van der Waals surface area contributed by atoms with E-state index in [1.54, 1.807) is 30.3 Å². The zero-order valence-electron chi connectivity index (χ0n) is 12.9. The second-order valence-electron chi connectivity index (χ2n) is 4.97. The van der Waals surface area contributed by atoms with Gasteiger partial charge < -0.3 is 19.5 Å². The van der Waals surface area contributed by atoms with Crippen LogP contribution in [-0.2, 0) is 4.79 Å². The normalized spacial score (nSPS) is 11.2. The molecule has 0 fully saturated rings. The van der Waals surface area contributed by atoms with Gasteiger partial charge in [0.2, 0.25) is 0 Å². The third kappa shape index (κ3) is 4.60. The van der Waals surface area contributed by atoms with E-state index in [-0.39, 0.29) is 11.5 Å². The molecule has 0 bridgehead atoms. The van der Waals surface area contributed by atoms with Crippen LogP contribution in [0.25, 0.3) is 6.08 Å². The Balaban J connectivity index is 1.81. The molecule has 3 rings (SSSR count). The van der Waals surface area contributed by atoms with Crippen molar-refractivity contribution in [2.45, 2.75) is 0 Å². The number of anilines is 1. The molecule has 126 valence electrons. The molecule has 25 heavy (non-hydrogen) atoms. The molecular formula is C18H13IN2O4. The summed E-state index contributed by atoms with van der Waals surface area (Å²) in [7, 11) is 0. The number of furan rings is 2. The van der Waals surface area contributed by atoms with Gasteiger partial charge in [0, 0.05) is 15.3 Å². The molecule has 0 unspecified atom stereocenters. The molecule has 0 radical (unpaired) electrons. The molecule has 0 saturated carbocycles. The smallest absolute Gasteiger partial charge is 0.291 e. The van der Waals surface area contributed by atoms with Crippen LogP contribution in [0.15, 0.2) is 75.6 Å². The number of hydrogen-bond donors (Lipinski definition) is 2. The lowest BCUT2D eigenvalue weighted by atomic mass is 10.2. The van der Waals surface area contributed by atoms with E-state index in [1.165, 1.54) is 24.7 Å². The summed E-state index contributed by atoms with van der Waals surface area (Å²) in [5.41, 5.74) is 0.651. The Bertz CT molecular complexity index is 882. The summed E-state index contributed by atoms with van der Waals surface area (Å²) in [5, 5.41) is 5.28. The Morgan fingerprint density at radius 1 is 0.960 bits per heavy atom. The van der Waals surface area contributed by atoms with Crippen molar-refractivity contribution in [3.05, 3.63) is 81.8 Å². The van der Waals surface area contributed by atoms with Gasteiger partial charge in [0.05, 0.1) is 12.5 Å². The summed E-state index contributed by atoms with van der Waals surface area (Å²) in [6, 6.07) is 13.8. The molecule has 6 nitrogen and oxygen atoms in total. The molecule has 2 N–H and O–H groups in total. The van der Waals surface area contributed by atoms with E-state index in [4.69, 9.17) is 8.83 Å². The van der Waals surface area contributed by atoms with Gasteiger partial charge in [-0.1, -0.05) is 0 Å². The maximum atomic E-state index is 12.6. The Morgan fingerprint density at radius 2 is 1.68 bits per heavy atom. The summed E-state index contributed by atoms with van der Waals surface area (Å²) in [4.78, 5) is 24.7. The SMILES string of the molecule is O=C(Nc1ccc(I)cc1)C(=Cc1ccco1)NC(=O)c1ccco1. The van der Waals surface area contributed by atoms with E-state index < -0.39 is 11.8 Å². The fourth-order valence-electron chi connectivity index (χ4n) is 2.00. The molecular weight excluding hydrogens is 435 g/mol. The first-order valence-corrected chi connectivity index (χ1v) is 8.37. The van der Waals surface area contributed by atoms with E-state index >= 15 is 0 Å². The van der Waals surface area contributed by atoms with Crippen molar-refractivity contribution in [3.63, 3.8) is 0 Å². The molecule has 0 atom stereocenters. The average Bonchev–Trinajstić information content (AvgIpc) is 3.29. The van der Waals surface area contributed by atoms with Crippen molar-refractivity contribution in [2.24, 2.45) is 0 Å². The van der Waals surface area contributed by atoms with Crippen LogP contribution in [0.2, 0.25) is 0 Å². The highest BCUT2D eigenvalue weighted by molar-refractivity contribution is 14.1. The van der Waals surface area contributed by atoms with Gasteiger partial charge in [-0.05, 0) is 71.1 Å². The van der Waals surface area contributed by atoms with Crippen molar-refractivity contribution in [2.75, 3.05) is 5.32 Å². The molecule has 0 spiro atoms. The number of hydrogen-bond acceptors (Lipinski definition) is 4. The quantitative estimate of drug-likeness (QED) is 0.459. The van der Waals surface area contributed by atoms with E-state index in [0.29, 0.717) is 11.4 Å². The molecule has 0 aliphatic rings. The minimum Gasteiger partial charge on any atom is -0.465 e. The number of carbonyl (C=O) groups excluding carboxylic acids is 2. The maximum absolute atomic E-state index is 12.6. The summed E-state index contributed by atoms with van der Waals surface area (Å²) in [6.45, 7) is 0. The minimum absolute atomic E-state index is 0.0369. The number of halogens is 1. The lowest BCUT2D eigenvalue weighted by Gasteiger charge is -2.10. The number of rotatable bonds is 5. The largest absolute Gasteiger partial charge is 0.465 e. The monoisotopic (exact) mass is 448 g/mol. The standard InChI is InChI=1S/C18H13IN2O4/c19-12-5-7-13(8-6-12)20-17(22)15(11-14-3-1-9-24-14)21-18(23)16-4-2-10-25-16/h1-11H,(H,20,22)(H,21,23). The third-order valence-corrected chi connectivity index (χ3v) is 3.89. The lowest BCUT2D eigenvalue weighted by Crippen LogP contribution is -2.30. The van der Waals surface area contributed by atoms with Crippen LogP contribution in [-0.4, -0.2) is 11.8 Å².